The summed E-state index contributed by atoms with van der Waals surface area (Å²) in [5.41, 5.74) is 0. The molecule has 4 atom stereocenters. The van der Waals surface area contributed by atoms with Gasteiger partial charge in [0.05, 0.1) is 19.8 Å². The van der Waals surface area contributed by atoms with Crippen LogP contribution in [0.15, 0.2) is 12.7 Å². The molecular formula is C13H18O7. The number of esters is 3. The number of hydrogen-bond acceptors (Lipinski definition) is 7. The van der Waals surface area contributed by atoms with Gasteiger partial charge in [-0.3, -0.25) is 4.79 Å². The fourth-order valence-electron chi connectivity index (χ4n) is 2.03. The SMILES string of the molecule is C=CC[C@H](O)[C@@H]1[C@H](OC(=O)C(=O)OC)[C@H]1C(=O)OCC. The lowest BCUT2D eigenvalue weighted by molar-refractivity contribution is -0.168. The zero-order chi connectivity index (χ0) is 15.3. The largest absolute Gasteiger partial charge is 0.466 e. The zero-order valence-electron chi connectivity index (χ0n) is 11.4. The van der Waals surface area contributed by atoms with Crippen molar-refractivity contribution in [3.05, 3.63) is 12.7 Å². The highest BCUT2D eigenvalue weighted by atomic mass is 16.6. The summed E-state index contributed by atoms with van der Waals surface area (Å²) in [6.45, 7) is 5.31. The van der Waals surface area contributed by atoms with Gasteiger partial charge >= 0.3 is 17.9 Å². The summed E-state index contributed by atoms with van der Waals surface area (Å²) < 4.78 is 13.9. The molecular weight excluding hydrogens is 268 g/mol. The molecule has 1 aliphatic rings. The smallest absolute Gasteiger partial charge is 0.417 e. The van der Waals surface area contributed by atoms with Crippen LogP contribution in [0.2, 0.25) is 0 Å². The van der Waals surface area contributed by atoms with Gasteiger partial charge in [0, 0.05) is 5.92 Å². The maximum Gasteiger partial charge on any atom is 0.417 e. The fourth-order valence-corrected chi connectivity index (χ4v) is 2.03. The number of carbonyl (C=O) groups is 3. The molecule has 0 heterocycles. The molecule has 1 rings (SSSR count). The molecule has 0 aromatic heterocycles. The van der Waals surface area contributed by atoms with Gasteiger partial charge in [0.15, 0.2) is 0 Å². The normalized spacial score (nSPS) is 25.2. The van der Waals surface area contributed by atoms with Crippen LogP contribution in [0.25, 0.3) is 0 Å². The van der Waals surface area contributed by atoms with E-state index in [1.54, 1.807) is 6.92 Å². The molecule has 0 saturated heterocycles. The highest BCUT2D eigenvalue weighted by molar-refractivity contribution is 6.29. The van der Waals surface area contributed by atoms with Crippen LogP contribution < -0.4 is 0 Å². The van der Waals surface area contributed by atoms with Crippen LogP contribution in [-0.2, 0) is 28.6 Å². The Hall–Kier alpha value is -1.89. The van der Waals surface area contributed by atoms with E-state index in [1.807, 2.05) is 0 Å². The summed E-state index contributed by atoms with van der Waals surface area (Å²) in [6.07, 6.45) is -0.0370. The highest BCUT2D eigenvalue weighted by Crippen LogP contribution is 2.46. The number of hydrogen-bond donors (Lipinski definition) is 1. The minimum atomic E-state index is -1.19. The summed E-state index contributed by atoms with van der Waals surface area (Å²) >= 11 is 0. The zero-order valence-corrected chi connectivity index (χ0v) is 11.4. The van der Waals surface area contributed by atoms with E-state index in [9.17, 15) is 19.5 Å². The molecule has 0 amide bonds. The molecule has 0 radical (unpaired) electrons. The monoisotopic (exact) mass is 286 g/mol. The lowest BCUT2D eigenvalue weighted by Crippen LogP contribution is -2.22. The van der Waals surface area contributed by atoms with Gasteiger partial charge in [-0.25, -0.2) is 9.59 Å². The summed E-state index contributed by atoms with van der Waals surface area (Å²) in [5, 5.41) is 9.87. The Morgan fingerprint density at radius 2 is 2.00 bits per heavy atom. The molecule has 1 saturated carbocycles. The van der Waals surface area contributed by atoms with Crippen LogP contribution >= 0.6 is 0 Å². The lowest BCUT2D eigenvalue weighted by atomic mass is 10.1. The predicted molar refractivity (Wildman–Crippen MR) is 66.3 cm³/mol. The van der Waals surface area contributed by atoms with Crippen molar-refractivity contribution < 1.29 is 33.7 Å². The average Bonchev–Trinajstić information content (AvgIpc) is 3.12. The first-order valence-electron chi connectivity index (χ1n) is 6.22. The number of ether oxygens (including phenoxy) is 3. The minimum Gasteiger partial charge on any atom is -0.466 e. The molecule has 0 aromatic rings. The third-order valence-corrected chi connectivity index (χ3v) is 3.01. The Kier molecular flexibility index (Phi) is 5.69. The number of aliphatic hydroxyl groups is 1. The second kappa shape index (κ2) is 7.04. The Balaban J connectivity index is 2.70. The van der Waals surface area contributed by atoms with Crippen molar-refractivity contribution in [1.29, 1.82) is 0 Å². The van der Waals surface area contributed by atoms with E-state index in [2.05, 4.69) is 11.3 Å². The van der Waals surface area contributed by atoms with Crippen LogP contribution in [0.4, 0.5) is 0 Å². The molecule has 0 spiro atoms. The molecule has 7 heteroatoms. The minimum absolute atomic E-state index is 0.178. The summed E-state index contributed by atoms with van der Waals surface area (Å²) in [5.74, 6) is -4.28. The van der Waals surface area contributed by atoms with Gasteiger partial charge < -0.3 is 19.3 Å². The van der Waals surface area contributed by atoms with E-state index >= 15 is 0 Å². The summed E-state index contributed by atoms with van der Waals surface area (Å²) in [4.78, 5) is 34.0. The Bertz CT molecular complexity index is 404. The Labute approximate surface area is 116 Å². The van der Waals surface area contributed by atoms with Gasteiger partial charge in [-0.15, -0.1) is 6.58 Å². The van der Waals surface area contributed by atoms with Crippen LogP contribution in [0, 0.1) is 11.8 Å². The second-order valence-electron chi connectivity index (χ2n) is 4.31. The Morgan fingerprint density at radius 1 is 1.35 bits per heavy atom. The highest BCUT2D eigenvalue weighted by Gasteiger charge is 2.62. The maximum atomic E-state index is 11.7. The second-order valence-corrected chi connectivity index (χ2v) is 4.31. The molecule has 0 aromatic carbocycles. The molecule has 1 fully saturated rings. The van der Waals surface area contributed by atoms with Crippen molar-refractivity contribution in [2.75, 3.05) is 13.7 Å². The molecule has 0 aliphatic heterocycles. The number of carbonyl (C=O) groups excluding carboxylic acids is 3. The van der Waals surface area contributed by atoms with E-state index in [0.29, 0.717) is 0 Å². The number of methoxy groups -OCH3 is 1. The van der Waals surface area contributed by atoms with Crippen molar-refractivity contribution >= 4 is 17.9 Å². The van der Waals surface area contributed by atoms with Crippen LogP contribution in [0.3, 0.4) is 0 Å². The molecule has 20 heavy (non-hydrogen) atoms. The van der Waals surface area contributed by atoms with E-state index < -0.39 is 42.0 Å². The van der Waals surface area contributed by atoms with Crippen molar-refractivity contribution in [1.82, 2.24) is 0 Å². The molecule has 1 aliphatic carbocycles. The summed E-state index contributed by atoms with van der Waals surface area (Å²) in [7, 11) is 1.05. The van der Waals surface area contributed by atoms with E-state index in [0.717, 1.165) is 7.11 Å². The average molecular weight is 286 g/mol. The first kappa shape index (κ1) is 16.2. The van der Waals surface area contributed by atoms with Crippen molar-refractivity contribution in [2.24, 2.45) is 11.8 Å². The predicted octanol–water partition coefficient (Wildman–Crippen LogP) is -0.183. The van der Waals surface area contributed by atoms with Gasteiger partial charge in [0.25, 0.3) is 0 Å². The maximum absolute atomic E-state index is 11.7. The molecule has 112 valence electrons. The van der Waals surface area contributed by atoms with E-state index in [4.69, 9.17) is 9.47 Å². The van der Waals surface area contributed by atoms with Crippen molar-refractivity contribution in [3.63, 3.8) is 0 Å². The van der Waals surface area contributed by atoms with E-state index in [-0.39, 0.29) is 13.0 Å². The van der Waals surface area contributed by atoms with Gasteiger partial charge in [-0.1, -0.05) is 6.08 Å². The van der Waals surface area contributed by atoms with Crippen LogP contribution in [0.1, 0.15) is 13.3 Å². The lowest BCUT2D eigenvalue weighted by Gasteiger charge is -2.06. The van der Waals surface area contributed by atoms with Gasteiger partial charge in [-0.05, 0) is 13.3 Å². The van der Waals surface area contributed by atoms with Gasteiger partial charge in [-0.2, -0.15) is 0 Å². The van der Waals surface area contributed by atoms with Crippen molar-refractivity contribution in [2.45, 2.75) is 25.6 Å². The first-order valence-corrected chi connectivity index (χ1v) is 6.22. The first-order chi connectivity index (χ1) is 9.47. The third kappa shape index (κ3) is 3.57. The van der Waals surface area contributed by atoms with Gasteiger partial charge in [0.2, 0.25) is 0 Å². The molecule has 0 unspecified atom stereocenters. The summed E-state index contributed by atoms with van der Waals surface area (Å²) in [6, 6.07) is 0. The standard InChI is InChI=1S/C13H18O7/c1-4-6-7(14)8-9(11(15)19-5-2)10(8)20-13(17)12(16)18-3/h4,7-10,14H,1,5-6H2,2-3H3/t7-,8-,9-,10-/m0/s1. The number of rotatable bonds is 6. The van der Waals surface area contributed by atoms with Crippen molar-refractivity contribution in [3.8, 4) is 0 Å². The molecule has 1 N–H and O–H groups in total. The van der Waals surface area contributed by atoms with Crippen LogP contribution in [-0.4, -0.2) is 48.9 Å². The number of aliphatic hydroxyl groups excluding tert-OH is 1. The molecule has 7 nitrogen and oxygen atoms in total. The quantitative estimate of drug-likeness (QED) is 0.313. The van der Waals surface area contributed by atoms with E-state index in [1.165, 1.54) is 6.08 Å². The van der Waals surface area contributed by atoms with Crippen LogP contribution in [0.5, 0.6) is 0 Å². The third-order valence-electron chi connectivity index (χ3n) is 3.01. The fraction of sp³-hybridized carbons (Fsp3) is 0.615. The van der Waals surface area contributed by atoms with Gasteiger partial charge in [0.1, 0.15) is 12.0 Å². The topological polar surface area (TPSA) is 99.1 Å². The molecule has 0 bridgehead atoms. The Morgan fingerprint density at radius 3 is 2.50 bits per heavy atom.